The summed E-state index contributed by atoms with van der Waals surface area (Å²) in [6.07, 6.45) is -3.96. The van der Waals surface area contributed by atoms with Crippen LogP contribution in [0.5, 0.6) is 5.75 Å². The van der Waals surface area contributed by atoms with E-state index in [-0.39, 0.29) is 23.5 Å². The first-order chi connectivity index (χ1) is 9.99. The van der Waals surface area contributed by atoms with Crippen molar-refractivity contribution in [3.63, 3.8) is 0 Å². The molecule has 0 saturated heterocycles. The highest BCUT2D eigenvalue weighted by atomic mass is 19.3. The van der Waals surface area contributed by atoms with Crippen LogP contribution in [0.25, 0.3) is 0 Å². The van der Waals surface area contributed by atoms with E-state index in [0.29, 0.717) is 0 Å². The van der Waals surface area contributed by atoms with Crippen molar-refractivity contribution in [3.05, 3.63) is 59.9 Å². The smallest absolute Gasteiger partial charge is 0.423 e. The predicted molar refractivity (Wildman–Crippen MR) is 69.6 cm³/mol. The number of carbonyl (C=O) groups is 1. The fourth-order valence-electron chi connectivity index (χ4n) is 2.17. The van der Waals surface area contributed by atoms with E-state index in [1.165, 1.54) is 36.4 Å². The van der Waals surface area contributed by atoms with Gasteiger partial charge in [-0.25, -0.2) is 4.39 Å². The summed E-state index contributed by atoms with van der Waals surface area (Å²) in [6.45, 7) is -0.290. The zero-order valence-electron chi connectivity index (χ0n) is 10.7. The Labute approximate surface area is 118 Å². The lowest BCUT2D eigenvalue weighted by molar-refractivity contribution is -0.193. The van der Waals surface area contributed by atoms with Gasteiger partial charge in [-0.1, -0.05) is 30.3 Å². The molecule has 1 aliphatic heterocycles. The van der Waals surface area contributed by atoms with E-state index in [2.05, 4.69) is 4.74 Å². The van der Waals surface area contributed by atoms with Gasteiger partial charge in [0.05, 0.1) is 12.2 Å². The Morgan fingerprint density at radius 1 is 1.05 bits per heavy atom. The van der Waals surface area contributed by atoms with E-state index < -0.39 is 17.8 Å². The Morgan fingerprint density at radius 3 is 2.48 bits per heavy atom. The van der Waals surface area contributed by atoms with E-state index in [1.54, 1.807) is 12.1 Å². The van der Waals surface area contributed by atoms with Crippen molar-refractivity contribution >= 4 is 11.6 Å². The number of alkyl halides is 2. The van der Waals surface area contributed by atoms with Crippen molar-refractivity contribution in [3.8, 4) is 5.75 Å². The van der Waals surface area contributed by atoms with Gasteiger partial charge in [0.15, 0.2) is 5.75 Å². The molecule has 1 aliphatic rings. The lowest BCUT2D eigenvalue weighted by Gasteiger charge is -2.33. The number of amides is 1. The molecule has 0 spiro atoms. The lowest BCUT2D eigenvalue weighted by atomic mass is 10.1. The van der Waals surface area contributed by atoms with Crippen molar-refractivity contribution in [2.75, 3.05) is 4.90 Å². The van der Waals surface area contributed by atoms with Gasteiger partial charge in [0.1, 0.15) is 5.82 Å². The van der Waals surface area contributed by atoms with Crippen LogP contribution in [0.1, 0.15) is 5.56 Å². The third-order valence-electron chi connectivity index (χ3n) is 3.17. The fourth-order valence-corrected chi connectivity index (χ4v) is 2.17. The highest BCUT2D eigenvalue weighted by Gasteiger charge is 2.50. The maximum Gasteiger partial charge on any atom is 0.482 e. The van der Waals surface area contributed by atoms with Crippen LogP contribution in [-0.4, -0.2) is 12.0 Å². The van der Waals surface area contributed by atoms with Crippen LogP contribution < -0.4 is 9.64 Å². The number of anilines is 1. The molecule has 0 radical (unpaired) electrons. The first-order valence-corrected chi connectivity index (χ1v) is 6.20. The molecule has 3 nitrogen and oxygen atoms in total. The molecular weight excluding hydrogens is 283 g/mol. The third kappa shape index (κ3) is 2.33. The van der Waals surface area contributed by atoms with Crippen molar-refractivity contribution in [1.29, 1.82) is 0 Å². The molecule has 6 heteroatoms. The van der Waals surface area contributed by atoms with Gasteiger partial charge in [-0.3, -0.25) is 9.69 Å². The van der Waals surface area contributed by atoms with Gasteiger partial charge >= 0.3 is 12.0 Å². The third-order valence-corrected chi connectivity index (χ3v) is 3.17. The molecule has 0 unspecified atom stereocenters. The summed E-state index contributed by atoms with van der Waals surface area (Å²) in [5.41, 5.74) is 0.343. The van der Waals surface area contributed by atoms with Crippen molar-refractivity contribution in [2.45, 2.75) is 12.7 Å². The molecule has 21 heavy (non-hydrogen) atoms. The molecule has 2 aromatic rings. The Bertz CT molecular complexity index is 703. The standard InChI is InChI=1S/C15H10F3NO2/c16-11-6-2-1-5-10(11)9-19-12-7-3-4-8-13(12)21-15(17,18)14(19)20/h1-8H,9H2. The van der Waals surface area contributed by atoms with Crippen LogP contribution in [0.2, 0.25) is 0 Å². The summed E-state index contributed by atoms with van der Waals surface area (Å²) in [7, 11) is 0. The molecule has 3 rings (SSSR count). The minimum absolute atomic E-state index is 0.113. The van der Waals surface area contributed by atoms with Gasteiger partial charge in [0.2, 0.25) is 0 Å². The molecule has 0 N–H and O–H groups in total. The number of carbonyl (C=O) groups excluding carboxylic acids is 1. The van der Waals surface area contributed by atoms with E-state index >= 15 is 0 Å². The van der Waals surface area contributed by atoms with Crippen LogP contribution in [-0.2, 0) is 11.3 Å². The molecule has 1 heterocycles. The number of hydrogen-bond donors (Lipinski definition) is 0. The number of fused-ring (bicyclic) bond motifs is 1. The molecule has 0 fully saturated rings. The lowest BCUT2D eigenvalue weighted by Crippen LogP contribution is -2.50. The van der Waals surface area contributed by atoms with Gasteiger partial charge in [-0.15, -0.1) is 0 Å². The first kappa shape index (κ1) is 13.5. The predicted octanol–water partition coefficient (Wildman–Crippen LogP) is 3.34. The minimum Gasteiger partial charge on any atom is -0.423 e. The second-order valence-electron chi connectivity index (χ2n) is 4.57. The summed E-state index contributed by atoms with van der Waals surface area (Å²) in [5.74, 6) is -2.18. The molecule has 0 atom stereocenters. The Hall–Kier alpha value is -2.50. The van der Waals surface area contributed by atoms with Crippen LogP contribution in [0.15, 0.2) is 48.5 Å². The fraction of sp³-hybridized carbons (Fsp3) is 0.133. The van der Waals surface area contributed by atoms with Crippen molar-refractivity contribution in [1.82, 2.24) is 0 Å². The molecule has 1 amide bonds. The first-order valence-electron chi connectivity index (χ1n) is 6.20. The highest BCUT2D eigenvalue weighted by molar-refractivity contribution is 6.00. The topological polar surface area (TPSA) is 29.5 Å². The van der Waals surface area contributed by atoms with Gasteiger partial charge in [-0.2, -0.15) is 8.78 Å². The molecule has 0 bridgehead atoms. The van der Waals surface area contributed by atoms with E-state index in [0.717, 1.165) is 4.90 Å². The zero-order valence-corrected chi connectivity index (χ0v) is 10.7. The number of para-hydroxylation sites is 2. The Morgan fingerprint density at radius 2 is 1.71 bits per heavy atom. The maximum absolute atomic E-state index is 13.7. The van der Waals surface area contributed by atoms with Gasteiger partial charge in [-0.05, 0) is 18.2 Å². The molecular formula is C15H10F3NO2. The summed E-state index contributed by atoms with van der Waals surface area (Å²) in [6, 6.07) is 11.6. The quantitative estimate of drug-likeness (QED) is 0.850. The molecule has 0 aliphatic carbocycles. The summed E-state index contributed by atoms with van der Waals surface area (Å²) >= 11 is 0. The minimum atomic E-state index is -3.96. The summed E-state index contributed by atoms with van der Waals surface area (Å²) < 4.78 is 45.3. The number of nitrogens with zero attached hydrogens (tertiary/aromatic N) is 1. The summed E-state index contributed by atoms with van der Waals surface area (Å²) in [5, 5.41) is 0. The number of rotatable bonds is 2. The average molecular weight is 293 g/mol. The van der Waals surface area contributed by atoms with Crippen LogP contribution >= 0.6 is 0 Å². The van der Waals surface area contributed by atoms with Gasteiger partial charge in [0.25, 0.3) is 0 Å². The van der Waals surface area contributed by atoms with E-state index in [4.69, 9.17) is 0 Å². The Kier molecular flexibility index (Phi) is 3.08. The highest BCUT2D eigenvalue weighted by Crippen LogP contribution is 2.39. The normalized spacial score (nSPS) is 16.3. The van der Waals surface area contributed by atoms with Crippen LogP contribution in [0, 0.1) is 5.82 Å². The SMILES string of the molecule is O=C1N(Cc2ccccc2F)c2ccccc2OC1(F)F. The largest absolute Gasteiger partial charge is 0.482 e. The van der Waals surface area contributed by atoms with Crippen molar-refractivity contribution in [2.24, 2.45) is 0 Å². The number of halogens is 3. The van der Waals surface area contributed by atoms with E-state index in [1.807, 2.05) is 0 Å². The second-order valence-corrected chi connectivity index (χ2v) is 4.57. The maximum atomic E-state index is 13.7. The monoisotopic (exact) mass is 293 g/mol. The number of ether oxygens (including phenoxy) is 1. The molecule has 2 aromatic carbocycles. The van der Waals surface area contributed by atoms with E-state index in [9.17, 15) is 18.0 Å². The average Bonchev–Trinajstić information content (AvgIpc) is 2.45. The van der Waals surface area contributed by atoms with Crippen LogP contribution in [0.4, 0.5) is 18.9 Å². The van der Waals surface area contributed by atoms with Crippen molar-refractivity contribution < 1.29 is 22.7 Å². The molecule has 108 valence electrons. The molecule has 0 aromatic heterocycles. The van der Waals surface area contributed by atoms with Gasteiger partial charge in [0, 0.05) is 5.56 Å². The van der Waals surface area contributed by atoms with Crippen LogP contribution in [0.3, 0.4) is 0 Å². The number of hydrogen-bond acceptors (Lipinski definition) is 2. The molecule has 0 saturated carbocycles. The second kappa shape index (κ2) is 4.80. The zero-order chi connectivity index (χ0) is 15.0. The van der Waals surface area contributed by atoms with Gasteiger partial charge < -0.3 is 4.74 Å². The summed E-state index contributed by atoms with van der Waals surface area (Å²) in [4.78, 5) is 12.7. The number of benzene rings is 2. The Balaban J connectivity index is 2.04.